The minimum absolute atomic E-state index is 0.0490. The Morgan fingerprint density at radius 1 is 1.00 bits per heavy atom. The Morgan fingerprint density at radius 2 is 1.68 bits per heavy atom. The van der Waals surface area contributed by atoms with E-state index in [4.69, 9.17) is 23.7 Å². The molecule has 0 N–H and O–H groups in total. The Hall–Kier alpha value is -4.13. The van der Waals surface area contributed by atoms with Crippen molar-refractivity contribution in [1.82, 2.24) is 4.90 Å². The minimum atomic E-state index is -0.394. The van der Waals surface area contributed by atoms with E-state index in [1.807, 2.05) is 65.6 Å². The highest BCUT2D eigenvalue weighted by atomic mass is 16.7. The van der Waals surface area contributed by atoms with Crippen LogP contribution in [-0.4, -0.2) is 38.4 Å². The Kier molecular flexibility index (Phi) is 6.95. The van der Waals surface area contributed by atoms with Gasteiger partial charge in [0.25, 0.3) is 5.91 Å². The molecule has 1 atom stereocenters. The maximum absolute atomic E-state index is 13.8. The van der Waals surface area contributed by atoms with E-state index in [-0.39, 0.29) is 12.7 Å². The van der Waals surface area contributed by atoms with Gasteiger partial charge < -0.3 is 28.6 Å². The number of rotatable bonds is 7. The average Bonchev–Trinajstić information content (AvgIpc) is 3.38. The summed E-state index contributed by atoms with van der Waals surface area (Å²) < 4.78 is 28.7. The third-order valence-electron chi connectivity index (χ3n) is 6.59. The first-order valence-corrected chi connectivity index (χ1v) is 12.4. The first-order valence-electron chi connectivity index (χ1n) is 12.4. The van der Waals surface area contributed by atoms with Crippen LogP contribution in [0.15, 0.2) is 66.9 Å². The number of hydrogen-bond acceptors (Lipinski definition) is 6. The number of fused-ring (bicyclic) bond motifs is 2. The fraction of sp³-hybridized carbons (Fsp3) is 0.300. The van der Waals surface area contributed by atoms with E-state index >= 15 is 0 Å². The van der Waals surface area contributed by atoms with Crippen LogP contribution in [0.1, 0.15) is 46.9 Å². The number of carbonyl (C=O) groups is 1. The second-order valence-electron chi connectivity index (χ2n) is 9.37. The molecule has 5 rings (SSSR count). The molecule has 1 amide bonds. The molecule has 0 saturated carbocycles. The quantitative estimate of drug-likeness (QED) is 0.383. The van der Waals surface area contributed by atoms with E-state index in [9.17, 15) is 4.79 Å². The molecule has 7 heteroatoms. The summed E-state index contributed by atoms with van der Waals surface area (Å²) in [6.07, 6.45) is 4.30. The molecule has 7 nitrogen and oxygen atoms in total. The zero-order valence-electron chi connectivity index (χ0n) is 21.5. The van der Waals surface area contributed by atoms with Crippen molar-refractivity contribution >= 4 is 5.91 Å². The van der Waals surface area contributed by atoms with E-state index in [1.54, 1.807) is 20.5 Å². The smallest absolute Gasteiger partial charge is 0.254 e. The lowest BCUT2D eigenvalue weighted by atomic mass is 9.87. The number of allylic oxidation sites excluding steroid dienone is 1. The normalized spacial score (nSPS) is 16.1. The van der Waals surface area contributed by atoms with Crippen LogP contribution < -0.4 is 23.7 Å². The summed E-state index contributed by atoms with van der Waals surface area (Å²) in [6.45, 7) is 4.88. The van der Waals surface area contributed by atoms with E-state index < -0.39 is 6.04 Å². The maximum atomic E-state index is 13.8. The molecule has 2 heterocycles. The predicted octanol–water partition coefficient (Wildman–Crippen LogP) is 5.77. The summed E-state index contributed by atoms with van der Waals surface area (Å²) in [7, 11) is 3.19. The van der Waals surface area contributed by atoms with Gasteiger partial charge in [-0.1, -0.05) is 32.0 Å². The van der Waals surface area contributed by atoms with Gasteiger partial charge >= 0.3 is 0 Å². The van der Waals surface area contributed by atoms with Crippen molar-refractivity contribution in [3.05, 3.63) is 89.2 Å². The number of nitrogens with zero attached hydrogens (tertiary/aromatic N) is 1. The highest BCUT2D eigenvalue weighted by molar-refractivity contribution is 5.95. The molecule has 1 unspecified atom stereocenters. The van der Waals surface area contributed by atoms with Gasteiger partial charge in [0.2, 0.25) is 12.5 Å². The van der Waals surface area contributed by atoms with Gasteiger partial charge in [-0.15, -0.1) is 0 Å². The van der Waals surface area contributed by atoms with Crippen LogP contribution in [0.4, 0.5) is 0 Å². The Balaban J connectivity index is 1.64. The van der Waals surface area contributed by atoms with Crippen LogP contribution in [0.25, 0.3) is 0 Å². The van der Waals surface area contributed by atoms with E-state index in [0.29, 0.717) is 47.4 Å². The zero-order chi connectivity index (χ0) is 25.9. The van der Waals surface area contributed by atoms with Crippen molar-refractivity contribution < 1.29 is 28.5 Å². The number of carbonyl (C=O) groups excluding carboxylic acids is 1. The van der Waals surface area contributed by atoms with Crippen molar-refractivity contribution in [1.29, 1.82) is 0 Å². The molecule has 0 radical (unpaired) electrons. The third kappa shape index (κ3) is 4.81. The lowest BCUT2D eigenvalue weighted by molar-refractivity contribution is 0.0694. The number of amides is 1. The van der Waals surface area contributed by atoms with Crippen molar-refractivity contribution in [3.63, 3.8) is 0 Å². The summed E-state index contributed by atoms with van der Waals surface area (Å²) in [5.41, 5.74) is 3.58. The van der Waals surface area contributed by atoms with Gasteiger partial charge in [-0.25, -0.2) is 0 Å². The second kappa shape index (κ2) is 10.5. The molecule has 3 aromatic carbocycles. The van der Waals surface area contributed by atoms with Crippen molar-refractivity contribution in [2.75, 3.05) is 27.6 Å². The molecule has 2 aliphatic heterocycles. The molecule has 0 bridgehead atoms. The average molecular weight is 502 g/mol. The van der Waals surface area contributed by atoms with Crippen LogP contribution in [0, 0.1) is 5.92 Å². The first-order chi connectivity index (χ1) is 18.0. The molecule has 3 aromatic rings. The molecule has 0 saturated heterocycles. The molecule has 2 aliphatic rings. The lowest BCUT2D eigenvalue weighted by Gasteiger charge is -2.38. The number of benzene rings is 3. The topological polar surface area (TPSA) is 66.5 Å². The Labute approximate surface area is 217 Å². The second-order valence-corrected chi connectivity index (χ2v) is 9.37. The highest BCUT2D eigenvalue weighted by Gasteiger charge is 2.35. The van der Waals surface area contributed by atoms with E-state index in [0.717, 1.165) is 22.4 Å². The summed E-state index contributed by atoms with van der Waals surface area (Å²) in [6, 6.07) is 16.8. The SMILES string of the molecule is COc1cc(C2c3cc4c(cc3CCN2C(=O)c2ccccc2)OCO4)cc(OC)c1OC=CC(C)C. The Bertz CT molecular complexity index is 1290. The van der Waals surface area contributed by atoms with Gasteiger partial charge in [-0.2, -0.15) is 0 Å². The van der Waals surface area contributed by atoms with Crippen LogP contribution in [-0.2, 0) is 6.42 Å². The summed E-state index contributed by atoms with van der Waals surface area (Å²) >= 11 is 0. The number of ether oxygens (including phenoxy) is 5. The van der Waals surface area contributed by atoms with Gasteiger partial charge in [0.15, 0.2) is 23.0 Å². The van der Waals surface area contributed by atoms with E-state index in [1.165, 1.54) is 0 Å². The molecule has 0 aromatic heterocycles. The number of methoxy groups -OCH3 is 2. The predicted molar refractivity (Wildman–Crippen MR) is 140 cm³/mol. The maximum Gasteiger partial charge on any atom is 0.254 e. The van der Waals surface area contributed by atoms with Gasteiger partial charge in [0.05, 0.1) is 26.5 Å². The molecular weight excluding hydrogens is 470 g/mol. The van der Waals surface area contributed by atoms with Crippen LogP contribution in [0.2, 0.25) is 0 Å². The molecule has 192 valence electrons. The van der Waals surface area contributed by atoms with Gasteiger partial charge in [-0.05, 0) is 71.5 Å². The van der Waals surface area contributed by atoms with Crippen molar-refractivity contribution in [2.24, 2.45) is 5.92 Å². The Morgan fingerprint density at radius 3 is 2.32 bits per heavy atom. The molecule has 0 spiro atoms. The fourth-order valence-electron chi connectivity index (χ4n) is 4.77. The van der Waals surface area contributed by atoms with Gasteiger partial charge in [0, 0.05) is 12.1 Å². The number of hydrogen-bond donors (Lipinski definition) is 0. The summed E-state index contributed by atoms with van der Waals surface area (Å²) in [5.74, 6) is 3.21. The molecule has 0 fully saturated rings. The highest BCUT2D eigenvalue weighted by Crippen LogP contribution is 2.47. The van der Waals surface area contributed by atoms with Gasteiger partial charge in [0.1, 0.15) is 0 Å². The fourth-order valence-corrected chi connectivity index (χ4v) is 4.77. The molecule has 37 heavy (non-hydrogen) atoms. The largest absolute Gasteiger partial charge is 0.493 e. The first kappa shape index (κ1) is 24.6. The van der Waals surface area contributed by atoms with Gasteiger partial charge in [-0.3, -0.25) is 4.79 Å². The zero-order valence-corrected chi connectivity index (χ0v) is 21.5. The third-order valence-corrected chi connectivity index (χ3v) is 6.59. The van der Waals surface area contributed by atoms with E-state index in [2.05, 4.69) is 13.8 Å². The monoisotopic (exact) mass is 501 g/mol. The van der Waals surface area contributed by atoms with Crippen molar-refractivity contribution in [2.45, 2.75) is 26.3 Å². The van der Waals surface area contributed by atoms with Crippen molar-refractivity contribution in [3.8, 4) is 28.7 Å². The van der Waals surface area contributed by atoms with Crippen LogP contribution in [0.5, 0.6) is 28.7 Å². The lowest BCUT2D eigenvalue weighted by Crippen LogP contribution is -2.40. The van der Waals surface area contributed by atoms with Crippen LogP contribution in [0.3, 0.4) is 0 Å². The molecule has 0 aliphatic carbocycles. The van der Waals surface area contributed by atoms with Crippen LogP contribution >= 0.6 is 0 Å². The molecular formula is C30H31NO6. The minimum Gasteiger partial charge on any atom is -0.493 e. The standard InChI is InChI=1S/C30H31NO6/c1-19(2)11-13-35-29-26(33-3)15-22(16-27(29)34-4)28-23-17-25-24(36-18-37-25)14-21(23)10-12-31(28)30(32)20-8-6-5-7-9-20/h5-9,11,13-17,19,28H,10,12,18H2,1-4H3. The summed E-state index contributed by atoms with van der Waals surface area (Å²) in [4.78, 5) is 15.7. The summed E-state index contributed by atoms with van der Waals surface area (Å²) in [5, 5.41) is 0.